The molecular formula is C18H20ClN3O3. The van der Waals surface area contributed by atoms with Gasteiger partial charge in [-0.05, 0) is 42.9 Å². The van der Waals surface area contributed by atoms with Gasteiger partial charge in [-0.3, -0.25) is 0 Å². The molecule has 5 rings (SSSR count). The summed E-state index contributed by atoms with van der Waals surface area (Å²) in [5, 5.41) is 17.7. The number of aliphatic hydroxyl groups excluding tert-OH is 1. The fraction of sp³-hybridized carbons (Fsp3) is 0.444. The van der Waals surface area contributed by atoms with Crippen molar-refractivity contribution in [2.75, 3.05) is 6.54 Å². The number of aliphatic hydroxyl groups is 1. The highest BCUT2D eigenvalue weighted by Gasteiger charge is 2.42. The Bertz CT molecular complexity index is 761. The summed E-state index contributed by atoms with van der Waals surface area (Å²) in [6.45, 7) is 0.994. The van der Waals surface area contributed by atoms with E-state index in [1.165, 1.54) is 0 Å². The van der Waals surface area contributed by atoms with Gasteiger partial charge in [-0.2, -0.15) is 0 Å². The summed E-state index contributed by atoms with van der Waals surface area (Å²) in [5.74, 6) is 0.405. The predicted octanol–water partition coefficient (Wildman–Crippen LogP) is 3.05. The van der Waals surface area contributed by atoms with Crippen LogP contribution in [0.4, 0.5) is 4.79 Å². The third-order valence-corrected chi connectivity index (χ3v) is 5.46. The highest BCUT2D eigenvalue weighted by Crippen LogP contribution is 2.35. The summed E-state index contributed by atoms with van der Waals surface area (Å²) < 4.78 is 5.09. The Morgan fingerprint density at radius 2 is 2.16 bits per heavy atom. The molecular weight excluding hydrogens is 342 g/mol. The van der Waals surface area contributed by atoms with Gasteiger partial charge in [-0.1, -0.05) is 28.9 Å². The molecule has 6 nitrogen and oxygen atoms in total. The van der Waals surface area contributed by atoms with E-state index in [-0.39, 0.29) is 18.6 Å². The first-order valence-electron chi connectivity index (χ1n) is 8.53. The fourth-order valence-corrected chi connectivity index (χ4v) is 4.03. The molecule has 1 aromatic carbocycles. The number of carbonyl (C=O) groups is 1. The van der Waals surface area contributed by atoms with Gasteiger partial charge in [-0.25, -0.2) is 4.79 Å². The van der Waals surface area contributed by atoms with Crippen LogP contribution in [0, 0.1) is 5.92 Å². The van der Waals surface area contributed by atoms with Crippen LogP contribution in [-0.2, 0) is 6.54 Å². The van der Waals surface area contributed by atoms with Crippen LogP contribution in [0.15, 0.2) is 35.1 Å². The number of rotatable bonds is 3. The normalized spacial score (nSPS) is 25.2. The van der Waals surface area contributed by atoms with E-state index in [1.807, 2.05) is 12.1 Å². The molecule has 2 bridgehead atoms. The summed E-state index contributed by atoms with van der Waals surface area (Å²) in [6.07, 6.45) is 3.93. The number of piperidine rings is 2. The zero-order valence-corrected chi connectivity index (χ0v) is 14.4. The minimum Gasteiger partial charge on any atom is -0.391 e. The summed E-state index contributed by atoms with van der Waals surface area (Å²) in [7, 11) is 0. The summed E-state index contributed by atoms with van der Waals surface area (Å²) >= 11 is 5.92. The lowest BCUT2D eigenvalue weighted by atomic mass is 9.78. The van der Waals surface area contributed by atoms with Gasteiger partial charge in [0.1, 0.15) is 12.0 Å². The van der Waals surface area contributed by atoms with Crippen molar-refractivity contribution in [3.63, 3.8) is 0 Å². The molecule has 0 radical (unpaired) electrons. The summed E-state index contributed by atoms with van der Waals surface area (Å²) in [4.78, 5) is 14.3. The lowest BCUT2D eigenvalue weighted by molar-refractivity contribution is -0.0332. The number of benzene rings is 1. The van der Waals surface area contributed by atoms with Gasteiger partial charge in [0.05, 0.1) is 18.7 Å². The number of halogens is 1. The number of fused-ring (bicyclic) bond motifs is 3. The van der Waals surface area contributed by atoms with Crippen LogP contribution >= 0.6 is 11.6 Å². The number of urea groups is 1. The Kier molecular flexibility index (Phi) is 4.39. The van der Waals surface area contributed by atoms with Crippen molar-refractivity contribution in [1.82, 2.24) is 15.4 Å². The van der Waals surface area contributed by atoms with E-state index in [2.05, 4.69) is 10.5 Å². The number of aromatic nitrogens is 1. The first-order valence-corrected chi connectivity index (χ1v) is 8.91. The lowest BCUT2D eigenvalue weighted by Gasteiger charge is -2.47. The van der Waals surface area contributed by atoms with Crippen LogP contribution in [0.1, 0.15) is 25.0 Å². The predicted molar refractivity (Wildman–Crippen MR) is 93.0 cm³/mol. The van der Waals surface area contributed by atoms with Gasteiger partial charge in [0.2, 0.25) is 0 Å². The zero-order chi connectivity index (χ0) is 17.4. The minimum absolute atomic E-state index is 0.0713. The van der Waals surface area contributed by atoms with E-state index in [1.54, 1.807) is 23.3 Å². The van der Waals surface area contributed by atoms with Crippen molar-refractivity contribution in [1.29, 1.82) is 0 Å². The summed E-state index contributed by atoms with van der Waals surface area (Å²) in [6, 6.07) is 7.16. The summed E-state index contributed by atoms with van der Waals surface area (Å²) in [5.41, 5.74) is 2.43. The van der Waals surface area contributed by atoms with Gasteiger partial charge < -0.3 is 19.8 Å². The van der Waals surface area contributed by atoms with E-state index in [9.17, 15) is 9.90 Å². The second-order valence-electron chi connectivity index (χ2n) is 6.81. The van der Waals surface area contributed by atoms with Crippen LogP contribution < -0.4 is 5.32 Å². The van der Waals surface area contributed by atoms with Crippen LogP contribution in [-0.4, -0.2) is 39.9 Å². The molecule has 1 aromatic heterocycles. The maximum absolute atomic E-state index is 12.5. The number of amides is 2. The van der Waals surface area contributed by atoms with Crippen LogP contribution in [0.25, 0.3) is 11.1 Å². The van der Waals surface area contributed by atoms with Gasteiger partial charge in [0.15, 0.2) is 0 Å². The number of carbonyl (C=O) groups excluding carboxylic acids is 1. The lowest BCUT2D eigenvalue weighted by Crippen LogP contribution is -2.59. The first-order chi connectivity index (χ1) is 12.1. The van der Waals surface area contributed by atoms with Crippen LogP contribution in [0.2, 0.25) is 5.02 Å². The molecule has 3 atom stereocenters. The second-order valence-corrected chi connectivity index (χ2v) is 7.24. The Hall–Kier alpha value is -2.05. The van der Waals surface area contributed by atoms with Crippen molar-refractivity contribution in [2.24, 2.45) is 5.92 Å². The minimum atomic E-state index is -0.407. The van der Waals surface area contributed by atoms with Gasteiger partial charge in [0, 0.05) is 17.1 Å². The van der Waals surface area contributed by atoms with Crippen molar-refractivity contribution < 1.29 is 14.4 Å². The van der Waals surface area contributed by atoms with Crippen molar-refractivity contribution >= 4 is 17.6 Å². The van der Waals surface area contributed by atoms with E-state index in [0.29, 0.717) is 16.6 Å². The number of hydrogen-bond acceptors (Lipinski definition) is 4. The highest BCUT2D eigenvalue weighted by molar-refractivity contribution is 6.30. The Morgan fingerprint density at radius 1 is 1.36 bits per heavy atom. The molecule has 2 amide bonds. The molecule has 2 aromatic rings. The van der Waals surface area contributed by atoms with Crippen molar-refractivity contribution in [2.45, 2.75) is 38.0 Å². The van der Waals surface area contributed by atoms with E-state index in [4.69, 9.17) is 16.1 Å². The average molecular weight is 362 g/mol. The Balaban J connectivity index is 1.43. The molecule has 7 heteroatoms. The molecule has 3 unspecified atom stereocenters. The molecule has 132 valence electrons. The molecule has 2 saturated heterocycles. The molecule has 1 saturated carbocycles. The van der Waals surface area contributed by atoms with Gasteiger partial charge in [0.25, 0.3) is 0 Å². The monoisotopic (exact) mass is 361 g/mol. The Morgan fingerprint density at radius 3 is 2.88 bits per heavy atom. The third-order valence-electron chi connectivity index (χ3n) is 5.21. The van der Waals surface area contributed by atoms with E-state index >= 15 is 0 Å². The van der Waals surface area contributed by atoms with Crippen LogP contribution in [0.3, 0.4) is 0 Å². The topological polar surface area (TPSA) is 78.6 Å². The third kappa shape index (κ3) is 3.24. The van der Waals surface area contributed by atoms with Gasteiger partial charge >= 0.3 is 6.03 Å². The molecule has 2 N–H and O–H groups in total. The largest absolute Gasteiger partial charge is 0.391 e. The molecule has 3 fully saturated rings. The smallest absolute Gasteiger partial charge is 0.318 e. The van der Waals surface area contributed by atoms with E-state index < -0.39 is 6.10 Å². The maximum Gasteiger partial charge on any atom is 0.318 e. The molecule has 25 heavy (non-hydrogen) atoms. The second kappa shape index (κ2) is 6.69. The quantitative estimate of drug-likeness (QED) is 0.880. The number of hydrogen-bond donors (Lipinski definition) is 2. The molecule has 1 aliphatic carbocycles. The molecule has 0 spiro atoms. The van der Waals surface area contributed by atoms with Gasteiger partial charge in [-0.15, -0.1) is 0 Å². The van der Waals surface area contributed by atoms with Crippen LogP contribution in [0.5, 0.6) is 0 Å². The SMILES string of the molecule is O=C(NCc1nocc1-c1ccc(Cl)cc1)N1CC2CCC1C(O)C2. The van der Waals surface area contributed by atoms with Crippen molar-refractivity contribution in [3.05, 3.63) is 41.2 Å². The fourth-order valence-electron chi connectivity index (χ4n) is 3.90. The maximum atomic E-state index is 12.5. The standard InChI is InChI=1S/C18H20ClN3O3/c19-13-4-2-12(3-5-13)14-10-25-21-15(14)8-20-18(24)22-9-11-1-6-16(22)17(23)7-11/h2-5,10-11,16-17,23H,1,6-9H2,(H,20,24). The Labute approximate surface area is 150 Å². The number of nitrogens with zero attached hydrogens (tertiary/aromatic N) is 2. The highest BCUT2D eigenvalue weighted by atomic mass is 35.5. The van der Waals surface area contributed by atoms with Crippen molar-refractivity contribution in [3.8, 4) is 11.1 Å². The van der Waals surface area contributed by atoms with E-state index in [0.717, 1.165) is 36.9 Å². The molecule has 3 heterocycles. The zero-order valence-electron chi connectivity index (χ0n) is 13.7. The first kappa shape index (κ1) is 16.4. The average Bonchev–Trinajstić information content (AvgIpc) is 3.09. The molecule has 2 aliphatic heterocycles. The molecule has 3 aliphatic rings. The number of nitrogens with one attached hydrogen (secondary N) is 1.